The van der Waals surface area contributed by atoms with Crippen molar-refractivity contribution >= 4 is 29.5 Å². The maximum atomic E-state index is 10.7. The standard InChI is InChI=1S/C12H14ClNO4S/c1-11(8-2-4-9(13)5-3-8)18-12(6-15,7-19-11)14-10(16)17/h2-5,14-15H,6-7H2,1H3,(H,16,17)/p-1. The fraction of sp³-hybridized carbons (Fsp3) is 0.417. The lowest BCUT2D eigenvalue weighted by Crippen LogP contribution is -2.57. The van der Waals surface area contributed by atoms with Gasteiger partial charge in [0.25, 0.3) is 0 Å². The highest BCUT2D eigenvalue weighted by Crippen LogP contribution is 2.47. The molecule has 104 valence electrons. The first-order valence-electron chi connectivity index (χ1n) is 5.59. The van der Waals surface area contributed by atoms with E-state index in [0.717, 1.165) is 5.56 Å². The second kappa shape index (κ2) is 5.20. The lowest BCUT2D eigenvalue weighted by Gasteiger charge is -2.32. The number of amides is 1. The number of nitrogens with one attached hydrogen (secondary N) is 1. The van der Waals surface area contributed by atoms with Crippen molar-refractivity contribution < 1.29 is 19.7 Å². The van der Waals surface area contributed by atoms with E-state index in [0.29, 0.717) is 5.02 Å². The highest BCUT2D eigenvalue weighted by atomic mass is 35.5. The van der Waals surface area contributed by atoms with Crippen molar-refractivity contribution in [3.63, 3.8) is 0 Å². The number of aliphatic hydroxyl groups excluding tert-OH is 1. The highest BCUT2D eigenvalue weighted by molar-refractivity contribution is 8.00. The van der Waals surface area contributed by atoms with E-state index in [1.54, 1.807) is 12.1 Å². The van der Waals surface area contributed by atoms with Crippen molar-refractivity contribution in [3.8, 4) is 0 Å². The van der Waals surface area contributed by atoms with Gasteiger partial charge in [0.1, 0.15) is 11.0 Å². The summed E-state index contributed by atoms with van der Waals surface area (Å²) in [5, 5.41) is 22.8. The molecule has 0 spiro atoms. The van der Waals surface area contributed by atoms with E-state index in [9.17, 15) is 15.0 Å². The zero-order valence-electron chi connectivity index (χ0n) is 10.2. The third-order valence-corrected chi connectivity index (χ3v) is 4.66. The number of carbonyl (C=O) groups excluding carboxylic acids is 1. The summed E-state index contributed by atoms with van der Waals surface area (Å²) in [7, 11) is 0. The predicted octanol–water partition coefficient (Wildman–Crippen LogP) is 0.898. The Kier molecular flexibility index (Phi) is 3.96. The molecule has 0 radical (unpaired) electrons. The van der Waals surface area contributed by atoms with Crippen LogP contribution in [0.1, 0.15) is 12.5 Å². The number of hydrogen-bond donors (Lipinski definition) is 2. The first-order valence-corrected chi connectivity index (χ1v) is 6.96. The number of rotatable bonds is 3. The minimum absolute atomic E-state index is 0.288. The zero-order valence-corrected chi connectivity index (χ0v) is 11.8. The number of aliphatic hydroxyl groups is 1. The van der Waals surface area contributed by atoms with Crippen molar-refractivity contribution in [1.82, 2.24) is 5.32 Å². The summed E-state index contributed by atoms with van der Waals surface area (Å²) in [6, 6.07) is 7.08. The van der Waals surface area contributed by atoms with Gasteiger partial charge in [-0.3, -0.25) is 0 Å². The Labute approximate surface area is 119 Å². The molecule has 1 heterocycles. The Balaban J connectivity index is 2.23. The molecule has 1 amide bonds. The number of thioether (sulfide) groups is 1. The molecule has 2 unspecified atom stereocenters. The lowest BCUT2D eigenvalue weighted by atomic mass is 10.1. The Morgan fingerprint density at radius 2 is 2.21 bits per heavy atom. The van der Waals surface area contributed by atoms with E-state index < -0.39 is 23.4 Å². The van der Waals surface area contributed by atoms with Gasteiger partial charge in [0.05, 0.1) is 6.61 Å². The molecule has 19 heavy (non-hydrogen) atoms. The van der Waals surface area contributed by atoms with Gasteiger partial charge < -0.3 is 25.1 Å². The van der Waals surface area contributed by atoms with Crippen LogP contribution in [-0.2, 0) is 9.67 Å². The third kappa shape index (κ3) is 2.97. The molecular weight excluding hydrogens is 290 g/mol. The van der Waals surface area contributed by atoms with Gasteiger partial charge in [0.2, 0.25) is 0 Å². The molecule has 0 aliphatic carbocycles. The van der Waals surface area contributed by atoms with E-state index in [-0.39, 0.29) is 5.75 Å². The molecule has 1 aliphatic rings. The van der Waals surface area contributed by atoms with Crippen molar-refractivity contribution in [2.45, 2.75) is 17.6 Å². The van der Waals surface area contributed by atoms with Crippen molar-refractivity contribution in [2.75, 3.05) is 12.4 Å². The van der Waals surface area contributed by atoms with Gasteiger partial charge in [-0.2, -0.15) is 0 Å². The smallest absolute Gasteiger partial charge is 0.174 e. The highest BCUT2D eigenvalue weighted by Gasteiger charge is 2.48. The fourth-order valence-corrected chi connectivity index (χ4v) is 3.32. The summed E-state index contributed by atoms with van der Waals surface area (Å²) < 4.78 is 5.76. The average molecular weight is 303 g/mol. The molecule has 1 aliphatic heterocycles. The maximum absolute atomic E-state index is 10.7. The number of carboxylic acid groups (broad SMARTS) is 1. The normalized spacial score (nSPS) is 30.3. The van der Waals surface area contributed by atoms with Crippen LogP contribution in [-0.4, -0.2) is 29.3 Å². The first kappa shape index (κ1) is 14.5. The van der Waals surface area contributed by atoms with Crippen LogP contribution in [0.15, 0.2) is 24.3 Å². The minimum atomic E-state index is -1.48. The van der Waals surface area contributed by atoms with Gasteiger partial charge in [-0.15, -0.1) is 11.8 Å². The minimum Gasteiger partial charge on any atom is -0.530 e. The Hall–Kier alpha value is -0.950. The molecule has 1 aromatic rings. The molecule has 0 saturated carbocycles. The Morgan fingerprint density at radius 3 is 2.74 bits per heavy atom. The summed E-state index contributed by atoms with van der Waals surface area (Å²) in [6.07, 6.45) is -1.48. The van der Waals surface area contributed by atoms with Gasteiger partial charge in [-0.25, -0.2) is 0 Å². The summed E-state index contributed by atoms with van der Waals surface area (Å²) in [5.41, 5.74) is -0.491. The largest absolute Gasteiger partial charge is 0.530 e. The van der Waals surface area contributed by atoms with Crippen LogP contribution in [0.4, 0.5) is 4.79 Å². The van der Waals surface area contributed by atoms with Crippen LogP contribution in [0.5, 0.6) is 0 Å². The zero-order chi connectivity index (χ0) is 14.1. The second-order valence-electron chi connectivity index (χ2n) is 4.41. The summed E-state index contributed by atoms with van der Waals surface area (Å²) in [6.45, 7) is 1.35. The third-order valence-electron chi connectivity index (χ3n) is 2.92. The van der Waals surface area contributed by atoms with Crippen LogP contribution in [0.2, 0.25) is 5.02 Å². The number of ether oxygens (including phenoxy) is 1. The van der Waals surface area contributed by atoms with Crippen molar-refractivity contribution in [3.05, 3.63) is 34.9 Å². The SMILES string of the molecule is CC1(c2ccc(Cl)cc2)OC(CO)(NC(=O)[O-])CS1. The summed E-state index contributed by atoms with van der Waals surface area (Å²) >= 11 is 7.23. The van der Waals surface area contributed by atoms with Crippen LogP contribution in [0, 0.1) is 0 Å². The number of halogens is 1. The van der Waals surface area contributed by atoms with Crippen molar-refractivity contribution in [1.29, 1.82) is 0 Å². The van der Waals surface area contributed by atoms with E-state index in [1.807, 2.05) is 19.1 Å². The molecule has 2 N–H and O–H groups in total. The molecule has 7 heteroatoms. The van der Waals surface area contributed by atoms with Gasteiger partial charge in [-0.1, -0.05) is 23.7 Å². The number of carbonyl (C=O) groups is 1. The molecular formula is C12H13ClNO4S-. The summed E-state index contributed by atoms with van der Waals surface area (Å²) in [4.78, 5) is 9.92. The molecule has 2 rings (SSSR count). The molecule has 1 fully saturated rings. The van der Waals surface area contributed by atoms with Gasteiger partial charge in [0, 0.05) is 10.8 Å². The molecule has 1 aromatic carbocycles. The summed E-state index contributed by atoms with van der Waals surface area (Å²) in [5.74, 6) is 0.288. The van der Waals surface area contributed by atoms with Gasteiger partial charge in [0.15, 0.2) is 5.72 Å². The van der Waals surface area contributed by atoms with E-state index in [1.165, 1.54) is 11.8 Å². The first-order chi connectivity index (χ1) is 8.89. The maximum Gasteiger partial charge on any atom is 0.174 e. The van der Waals surface area contributed by atoms with Crippen LogP contribution in [0.3, 0.4) is 0 Å². The molecule has 2 atom stereocenters. The van der Waals surface area contributed by atoms with E-state index >= 15 is 0 Å². The van der Waals surface area contributed by atoms with E-state index in [4.69, 9.17) is 16.3 Å². The fourth-order valence-electron chi connectivity index (χ4n) is 1.95. The van der Waals surface area contributed by atoms with Crippen LogP contribution >= 0.6 is 23.4 Å². The van der Waals surface area contributed by atoms with E-state index in [2.05, 4.69) is 5.32 Å². The van der Waals surface area contributed by atoms with Gasteiger partial charge in [-0.05, 0) is 24.6 Å². The number of benzene rings is 1. The second-order valence-corrected chi connectivity index (χ2v) is 6.20. The quantitative estimate of drug-likeness (QED) is 0.867. The van der Waals surface area contributed by atoms with Crippen LogP contribution in [0.25, 0.3) is 0 Å². The molecule has 0 bridgehead atoms. The lowest BCUT2D eigenvalue weighted by molar-refractivity contribution is -0.260. The Bertz CT molecular complexity index is 483. The molecule has 1 saturated heterocycles. The predicted molar refractivity (Wildman–Crippen MR) is 70.7 cm³/mol. The van der Waals surface area contributed by atoms with Gasteiger partial charge >= 0.3 is 0 Å². The van der Waals surface area contributed by atoms with Crippen molar-refractivity contribution in [2.24, 2.45) is 0 Å². The average Bonchev–Trinajstić information content (AvgIpc) is 2.69. The monoisotopic (exact) mass is 302 g/mol. The Morgan fingerprint density at radius 1 is 1.58 bits per heavy atom. The van der Waals surface area contributed by atoms with Crippen LogP contribution < -0.4 is 10.4 Å². The molecule has 5 nitrogen and oxygen atoms in total. The number of hydrogen-bond acceptors (Lipinski definition) is 5. The topological polar surface area (TPSA) is 81.6 Å². The molecule has 0 aromatic heterocycles.